The normalized spacial score (nSPS) is 12.3. The SMILES string of the molecule is Cc1cc(C(C)C(=O)O)c2oc(-c3ccccc3)cc(=O)c2c1. The van der Waals surface area contributed by atoms with Crippen molar-refractivity contribution >= 4 is 16.9 Å². The number of carboxylic acid groups (broad SMARTS) is 1. The second-order valence-electron chi connectivity index (χ2n) is 5.63. The summed E-state index contributed by atoms with van der Waals surface area (Å²) in [7, 11) is 0. The zero-order valence-electron chi connectivity index (χ0n) is 12.9. The van der Waals surface area contributed by atoms with E-state index in [9.17, 15) is 14.7 Å². The van der Waals surface area contributed by atoms with Crippen molar-refractivity contribution in [2.45, 2.75) is 19.8 Å². The highest BCUT2D eigenvalue weighted by Gasteiger charge is 2.20. The van der Waals surface area contributed by atoms with Crippen molar-refractivity contribution in [1.29, 1.82) is 0 Å². The maximum atomic E-state index is 12.5. The Hall–Kier alpha value is -2.88. The molecule has 0 radical (unpaired) electrons. The maximum Gasteiger partial charge on any atom is 0.310 e. The molecule has 4 nitrogen and oxygen atoms in total. The fourth-order valence-electron chi connectivity index (χ4n) is 2.63. The van der Waals surface area contributed by atoms with E-state index in [0.29, 0.717) is 22.3 Å². The summed E-state index contributed by atoms with van der Waals surface area (Å²) in [6.45, 7) is 3.42. The molecule has 1 heterocycles. The van der Waals surface area contributed by atoms with E-state index in [1.165, 1.54) is 6.07 Å². The van der Waals surface area contributed by atoms with Crippen LogP contribution >= 0.6 is 0 Å². The Morgan fingerprint density at radius 1 is 1.13 bits per heavy atom. The molecular weight excluding hydrogens is 292 g/mol. The zero-order chi connectivity index (χ0) is 16.6. The van der Waals surface area contributed by atoms with Crippen LogP contribution in [0.3, 0.4) is 0 Å². The number of hydrogen-bond acceptors (Lipinski definition) is 3. The first-order valence-corrected chi connectivity index (χ1v) is 7.34. The summed E-state index contributed by atoms with van der Waals surface area (Å²) in [6, 6.07) is 14.2. The minimum atomic E-state index is -0.954. The molecule has 0 saturated heterocycles. The van der Waals surface area contributed by atoms with Crippen LogP contribution in [-0.2, 0) is 4.79 Å². The van der Waals surface area contributed by atoms with Gasteiger partial charge in [0.1, 0.15) is 11.3 Å². The van der Waals surface area contributed by atoms with Crippen molar-refractivity contribution < 1.29 is 14.3 Å². The molecule has 1 atom stereocenters. The third-order valence-corrected chi connectivity index (χ3v) is 3.90. The van der Waals surface area contributed by atoms with Crippen LogP contribution in [0.1, 0.15) is 24.0 Å². The number of aliphatic carboxylic acids is 1. The van der Waals surface area contributed by atoms with Crippen molar-refractivity contribution in [2.75, 3.05) is 0 Å². The standard InChI is InChI=1S/C19H16O4/c1-11-8-14(12(2)19(21)22)18-15(9-11)16(20)10-17(23-18)13-6-4-3-5-7-13/h3-10,12H,1-2H3,(H,21,22). The summed E-state index contributed by atoms with van der Waals surface area (Å²) in [6.07, 6.45) is 0. The van der Waals surface area contributed by atoms with Crippen molar-refractivity contribution in [2.24, 2.45) is 0 Å². The molecule has 0 aliphatic carbocycles. The van der Waals surface area contributed by atoms with E-state index in [2.05, 4.69) is 0 Å². The van der Waals surface area contributed by atoms with E-state index >= 15 is 0 Å². The zero-order valence-corrected chi connectivity index (χ0v) is 12.9. The van der Waals surface area contributed by atoms with Gasteiger partial charge in [-0.3, -0.25) is 9.59 Å². The lowest BCUT2D eigenvalue weighted by atomic mass is 9.96. The summed E-state index contributed by atoms with van der Waals surface area (Å²) in [4.78, 5) is 23.8. The van der Waals surface area contributed by atoms with Crippen molar-refractivity contribution in [1.82, 2.24) is 0 Å². The largest absolute Gasteiger partial charge is 0.481 e. The molecule has 0 amide bonds. The van der Waals surface area contributed by atoms with Gasteiger partial charge in [-0.15, -0.1) is 0 Å². The fraction of sp³-hybridized carbons (Fsp3) is 0.158. The topological polar surface area (TPSA) is 67.5 Å². The predicted molar refractivity (Wildman–Crippen MR) is 88.7 cm³/mol. The summed E-state index contributed by atoms with van der Waals surface area (Å²) < 4.78 is 5.92. The number of hydrogen-bond donors (Lipinski definition) is 1. The molecule has 0 aliphatic heterocycles. The maximum absolute atomic E-state index is 12.5. The molecule has 23 heavy (non-hydrogen) atoms. The quantitative estimate of drug-likeness (QED) is 0.795. The third-order valence-electron chi connectivity index (χ3n) is 3.90. The molecule has 116 valence electrons. The van der Waals surface area contributed by atoms with E-state index in [4.69, 9.17) is 4.42 Å². The van der Waals surface area contributed by atoms with Gasteiger partial charge in [0.2, 0.25) is 0 Å². The number of fused-ring (bicyclic) bond motifs is 1. The van der Waals surface area contributed by atoms with Crippen LogP contribution in [0.4, 0.5) is 0 Å². The van der Waals surface area contributed by atoms with Crippen LogP contribution < -0.4 is 5.43 Å². The molecule has 1 aromatic heterocycles. The van der Waals surface area contributed by atoms with Crippen LogP contribution in [0.2, 0.25) is 0 Å². The fourth-order valence-corrected chi connectivity index (χ4v) is 2.63. The second-order valence-corrected chi connectivity index (χ2v) is 5.63. The second kappa shape index (κ2) is 5.72. The molecule has 4 heteroatoms. The predicted octanol–water partition coefficient (Wildman–Crippen LogP) is 3.96. The Morgan fingerprint density at radius 3 is 2.48 bits per heavy atom. The first kappa shape index (κ1) is 15.0. The van der Waals surface area contributed by atoms with Gasteiger partial charge < -0.3 is 9.52 Å². The third kappa shape index (κ3) is 2.75. The van der Waals surface area contributed by atoms with Crippen molar-refractivity contribution in [3.05, 3.63) is 69.9 Å². The van der Waals surface area contributed by atoms with Crippen molar-refractivity contribution in [3.63, 3.8) is 0 Å². The lowest BCUT2D eigenvalue weighted by Gasteiger charge is -2.12. The highest BCUT2D eigenvalue weighted by Crippen LogP contribution is 2.29. The van der Waals surface area contributed by atoms with Crippen LogP contribution in [0.15, 0.2) is 57.7 Å². The molecular formula is C19H16O4. The minimum Gasteiger partial charge on any atom is -0.481 e. The van der Waals surface area contributed by atoms with Gasteiger partial charge >= 0.3 is 5.97 Å². The van der Waals surface area contributed by atoms with Crippen LogP contribution in [0.25, 0.3) is 22.3 Å². The Bertz CT molecular complexity index is 939. The Morgan fingerprint density at radius 2 is 1.83 bits per heavy atom. The van der Waals surface area contributed by atoms with Gasteiger partial charge in [0, 0.05) is 17.2 Å². The molecule has 1 unspecified atom stereocenters. The van der Waals surface area contributed by atoms with E-state index in [0.717, 1.165) is 11.1 Å². The van der Waals surface area contributed by atoms with Crippen LogP contribution in [0.5, 0.6) is 0 Å². The Kier molecular flexibility index (Phi) is 3.74. The van der Waals surface area contributed by atoms with E-state index in [1.54, 1.807) is 19.1 Å². The van der Waals surface area contributed by atoms with Crippen molar-refractivity contribution in [3.8, 4) is 11.3 Å². The number of aryl methyl sites for hydroxylation is 1. The Labute approximate surface area is 133 Å². The molecule has 3 rings (SSSR count). The number of benzene rings is 2. The summed E-state index contributed by atoms with van der Waals surface area (Å²) in [5.74, 6) is -1.28. The summed E-state index contributed by atoms with van der Waals surface area (Å²) in [5, 5.41) is 9.73. The highest BCUT2D eigenvalue weighted by atomic mass is 16.4. The molecule has 0 bridgehead atoms. The molecule has 0 fully saturated rings. The minimum absolute atomic E-state index is 0.173. The van der Waals surface area contributed by atoms with Gasteiger partial charge in [-0.1, -0.05) is 36.4 Å². The average molecular weight is 308 g/mol. The van der Waals surface area contributed by atoms with Crippen LogP contribution in [-0.4, -0.2) is 11.1 Å². The molecule has 2 aromatic carbocycles. The molecule has 3 aromatic rings. The number of carbonyl (C=O) groups is 1. The summed E-state index contributed by atoms with van der Waals surface area (Å²) >= 11 is 0. The van der Waals surface area contributed by atoms with E-state index in [-0.39, 0.29) is 5.43 Å². The van der Waals surface area contributed by atoms with Gasteiger partial charge in [-0.05, 0) is 25.5 Å². The van der Waals surface area contributed by atoms with Gasteiger partial charge in [-0.25, -0.2) is 0 Å². The number of rotatable bonds is 3. The van der Waals surface area contributed by atoms with E-state index < -0.39 is 11.9 Å². The molecule has 1 N–H and O–H groups in total. The first-order chi connectivity index (χ1) is 11.0. The lowest BCUT2D eigenvalue weighted by Crippen LogP contribution is -2.10. The average Bonchev–Trinajstić information content (AvgIpc) is 2.54. The Balaban J connectivity index is 2.34. The monoisotopic (exact) mass is 308 g/mol. The lowest BCUT2D eigenvalue weighted by molar-refractivity contribution is -0.138. The first-order valence-electron chi connectivity index (χ1n) is 7.34. The van der Waals surface area contributed by atoms with Gasteiger partial charge in [0.25, 0.3) is 0 Å². The highest BCUT2D eigenvalue weighted by molar-refractivity contribution is 5.88. The van der Waals surface area contributed by atoms with Gasteiger partial charge in [0.05, 0.1) is 11.3 Å². The number of carboxylic acids is 1. The van der Waals surface area contributed by atoms with Gasteiger partial charge in [0.15, 0.2) is 5.43 Å². The molecule has 0 saturated carbocycles. The molecule has 0 aliphatic rings. The molecule has 0 spiro atoms. The van der Waals surface area contributed by atoms with Crippen LogP contribution in [0, 0.1) is 6.92 Å². The summed E-state index contributed by atoms with van der Waals surface area (Å²) in [5.41, 5.74) is 2.30. The van der Waals surface area contributed by atoms with Gasteiger partial charge in [-0.2, -0.15) is 0 Å². The smallest absolute Gasteiger partial charge is 0.310 e. The van der Waals surface area contributed by atoms with E-state index in [1.807, 2.05) is 37.3 Å².